The molecule has 1 saturated carbocycles. The molecule has 0 unspecified atom stereocenters. The number of carbonyl (C=O) groups excluding carboxylic acids is 1. The molecule has 1 aromatic heterocycles. The van der Waals surface area contributed by atoms with Crippen molar-refractivity contribution >= 4 is 23.2 Å². The fourth-order valence-electron chi connectivity index (χ4n) is 5.36. The summed E-state index contributed by atoms with van der Waals surface area (Å²) in [5.41, 5.74) is 2.72. The molecule has 2 aromatic rings. The van der Waals surface area contributed by atoms with Gasteiger partial charge in [0.2, 0.25) is 0 Å². The van der Waals surface area contributed by atoms with Gasteiger partial charge in [0.25, 0.3) is 5.91 Å². The summed E-state index contributed by atoms with van der Waals surface area (Å²) in [6, 6.07) is 5.18. The van der Waals surface area contributed by atoms with Crippen molar-refractivity contribution in [2.45, 2.75) is 77.7 Å². The van der Waals surface area contributed by atoms with E-state index in [9.17, 15) is 19.8 Å². The molecule has 196 valence electrons. The van der Waals surface area contributed by atoms with Crippen LogP contribution in [0.4, 0.5) is 0 Å². The maximum Gasteiger partial charge on any atom is 0.326 e. The molecule has 6 atom stereocenters. The number of aryl methyl sites for hydroxylation is 2. The van der Waals surface area contributed by atoms with Crippen LogP contribution in [0.3, 0.4) is 0 Å². The van der Waals surface area contributed by atoms with E-state index in [0.29, 0.717) is 18.0 Å². The van der Waals surface area contributed by atoms with Crippen LogP contribution >= 0.6 is 11.3 Å². The number of nitrogens with one attached hydrogen (secondary N) is 1. The number of aliphatic carboxylic acids is 1. The molecule has 36 heavy (non-hydrogen) atoms. The number of benzene rings is 1. The number of carboxylic acids is 1. The van der Waals surface area contributed by atoms with Gasteiger partial charge in [0.15, 0.2) is 0 Å². The molecule has 2 aliphatic rings. The average Bonchev–Trinajstić information content (AvgIpc) is 3.44. The van der Waals surface area contributed by atoms with Crippen LogP contribution in [-0.4, -0.2) is 51.9 Å². The van der Waals surface area contributed by atoms with Gasteiger partial charge in [0, 0.05) is 17.7 Å². The van der Waals surface area contributed by atoms with Crippen molar-refractivity contribution in [3.63, 3.8) is 0 Å². The lowest BCUT2D eigenvalue weighted by Crippen LogP contribution is -2.44. The van der Waals surface area contributed by atoms with E-state index >= 15 is 0 Å². The van der Waals surface area contributed by atoms with E-state index in [1.165, 1.54) is 22.5 Å². The third-order valence-corrected chi connectivity index (χ3v) is 8.42. The highest BCUT2D eigenvalue weighted by molar-refractivity contribution is 7.09. The lowest BCUT2D eigenvalue weighted by atomic mass is 9.87. The molecule has 3 N–H and O–H groups in total. The fraction of sp³-hybridized carbons (Fsp3) is 0.593. The smallest absolute Gasteiger partial charge is 0.326 e. The number of aromatic nitrogens is 1. The number of amides is 1. The highest BCUT2D eigenvalue weighted by Crippen LogP contribution is 2.46. The summed E-state index contributed by atoms with van der Waals surface area (Å²) < 4.78 is 12.4. The normalized spacial score (nSPS) is 26.4. The summed E-state index contributed by atoms with van der Waals surface area (Å²) in [7, 11) is 0. The second-order valence-corrected chi connectivity index (χ2v) is 11.1. The number of carbonyl (C=O) groups is 2. The second-order valence-electron chi connectivity index (χ2n) is 10.2. The van der Waals surface area contributed by atoms with Gasteiger partial charge in [-0.1, -0.05) is 26.8 Å². The highest BCUT2D eigenvalue weighted by atomic mass is 32.1. The zero-order valence-electron chi connectivity index (χ0n) is 21.3. The quantitative estimate of drug-likeness (QED) is 0.458. The maximum absolute atomic E-state index is 12.6. The first-order valence-corrected chi connectivity index (χ1v) is 13.6. The first-order chi connectivity index (χ1) is 17.2. The lowest BCUT2D eigenvalue weighted by Gasteiger charge is -2.33. The van der Waals surface area contributed by atoms with Crippen LogP contribution in [0, 0.1) is 24.7 Å². The van der Waals surface area contributed by atoms with Gasteiger partial charge in [-0.25, -0.2) is 9.78 Å². The van der Waals surface area contributed by atoms with Crippen molar-refractivity contribution in [3.05, 3.63) is 45.4 Å². The Bertz CT molecular complexity index is 1090. The molecular formula is C27H36N2O6S. The first kappa shape index (κ1) is 26.6. The van der Waals surface area contributed by atoms with E-state index in [1.807, 2.05) is 6.07 Å². The minimum absolute atomic E-state index is 0.00345. The molecule has 1 aromatic carbocycles. The van der Waals surface area contributed by atoms with Gasteiger partial charge >= 0.3 is 5.97 Å². The Hall–Kier alpha value is -2.49. The predicted octanol–water partition coefficient (Wildman–Crippen LogP) is 4.15. The Morgan fingerprint density at radius 1 is 1.31 bits per heavy atom. The lowest BCUT2D eigenvalue weighted by molar-refractivity contribution is -0.140. The SMILES string of the molecule is CCc1ccc(OC[C@@H]2[C@H]3CC[C@H](c4nc(C(=O)N[C@H](C(=O)O)C(C)C)cs4)O[C@H]3C[C@H]2O)cc1C. The van der Waals surface area contributed by atoms with Gasteiger partial charge in [-0.3, -0.25) is 4.79 Å². The van der Waals surface area contributed by atoms with Crippen LogP contribution < -0.4 is 10.1 Å². The number of ether oxygens (including phenoxy) is 2. The number of thiazole rings is 1. The van der Waals surface area contributed by atoms with Gasteiger partial charge in [0.05, 0.1) is 18.8 Å². The number of fused-ring (bicyclic) bond motifs is 1. The van der Waals surface area contributed by atoms with E-state index < -0.39 is 24.0 Å². The van der Waals surface area contributed by atoms with Crippen LogP contribution in [0.5, 0.6) is 5.75 Å². The van der Waals surface area contributed by atoms with Gasteiger partial charge < -0.3 is 25.0 Å². The molecule has 2 fully saturated rings. The number of hydrogen-bond donors (Lipinski definition) is 3. The molecule has 4 rings (SSSR count). The highest BCUT2D eigenvalue weighted by Gasteiger charge is 2.47. The average molecular weight is 517 g/mol. The molecule has 8 nitrogen and oxygen atoms in total. The summed E-state index contributed by atoms with van der Waals surface area (Å²) in [5.74, 6) is -0.772. The molecular weight excluding hydrogens is 480 g/mol. The van der Waals surface area contributed by atoms with Crippen LogP contribution in [0.2, 0.25) is 0 Å². The number of carboxylic acid groups (broad SMARTS) is 1. The second kappa shape index (κ2) is 11.3. The van der Waals surface area contributed by atoms with Crippen molar-refractivity contribution in [2.75, 3.05) is 6.61 Å². The van der Waals surface area contributed by atoms with E-state index in [1.54, 1.807) is 19.2 Å². The zero-order chi connectivity index (χ0) is 26.0. The summed E-state index contributed by atoms with van der Waals surface area (Å²) in [6.45, 7) is 8.16. The Labute approximate surface area is 216 Å². The summed E-state index contributed by atoms with van der Waals surface area (Å²) in [4.78, 5) is 28.4. The van der Waals surface area contributed by atoms with Crippen molar-refractivity contribution in [2.24, 2.45) is 17.8 Å². The third-order valence-electron chi connectivity index (χ3n) is 7.48. The standard InChI is InChI=1S/C27H36N2O6S/c1-5-16-6-7-17(10-15(16)4)34-12-19-18-8-9-22(35-23(18)11-21(19)30)26-28-20(13-36-26)25(31)29-24(14(2)3)27(32)33/h6-7,10,13-14,18-19,21-24,30H,5,8-9,11-12H2,1-4H3,(H,29,31)(H,32,33)/t18-,19-,21-,22-,23+,24+/m1/s1. The summed E-state index contributed by atoms with van der Waals surface area (Å²) in [5, 5.41) is 25.0. The van der Waals surface area contributed by atoms with Gasteiger partial charge in [-0.05, 0) is 61.3 Å². The summed E-state index contributed by atoms with van der Waals surface area (Å²) in [6.07, 6.45) is 2.34. The molecule has 0 spiro atoms. The number of hydrogen-bond acceptors (Lipinski definition) is 7. The molecule has 1 aliphatic heterocycles. The molecule has 0 radical (unpaired) electrons. The molecule has 1 amide bonds. The number of nitrogens with zero attached hydrogens (tertiary/aromatic N) is 1. The predicted molar refractivity (Wildman–Crippen MR) is 136 cm³/mol. The molecule has 9 heteroatoms. The zero-order valence-corrected chi connectivity index (χ0v) is 22.1. The molecule has 1 aliphatic carbocycles. The van der Waals surface area contributed by atoms with Crippen molar-refractivity contribution in [3.8, 4) is 5.75 Å². The Kier molecular flexibility index (Phi) is 8.32. The number of aliphatic hydroxyl groups is 1. The van der Waals surface area contributed by atoms with Crippen molar-refractivity contribution < 1.29 is 29.3 Å². The first-order valence-electron chi connectivity index (χ1n) is 12.7. The Morgan fingerprint density at radius 2 is 2.08 bits per heavy atom. The maximum atomic E-state index is 12.6. The van der Waals surface area contributed by atoms with Gasteiger partial charge in [-0.15, -0.1) is 11.3 Å². The molecule has 2 heterocycles. The Balaban J connectivity index is 1.35. The number of rotatable bonds is 9. The largest absolute Gasteiger partial charge is 0.493 e. The van der Waals surface area contributed by atoms with Gasteiger partial charge in [-0.2, -0.15) is 0 Å². The van der Waals surface area contributed by atoms with E-state index in [-0.39, 0.29) is 35.7 Å². The minimum Gasteiger partial charge on any atom is -0.493 e. The van der Waals surface area contributed by atoms with Gasteiger partial charge in [0.1, 0.15) is 28.6 Å². The number of aliphatic hydroxyl groups excluding tert-OH is 1. The van der Waals surface area contributed by atoms with E-state index in [4.69, 9.17) is 9.47 Å². The topological polar surface area (TPSA) is 118 Å². The third kappa shape index (κ3) is 5.74. The van der Waals surface area contributed by atoms with Crippen LogP contribution in [0.15, 0.2) is 23.6 Å². The monoisotopic (exact) mass is 516 g/mol. The van der Waals surface area contributed by atoms with Crippen molar-refractivity contribution in [1.29, 1.82) is 0 Å². The molecule has 1 saturated heterocycles. The summed E-state index contributed by atoms with van der Waals surface area (Å²) >= 11 is 1.34. The van der Waals surface area contributed by atoms with Crippen LogP contribution in [0.1, 0.15) is 72.8 Å². The fourth-order valence-corrected chi connectivity index (χ4v) is 6.23. The van der Waals surface area contributed by atoms with E-state index in [2.05, 4.69) is 36.3 Å². The minimum atomic E-state index is -1.07. The van der Waals surface area contributed by atoms with E-state index in [0.717, 1.165) is 25.0 Å². The molecule has 0 bridgehead atoms. The van der Waals surface area contributed by atoms with Crippen LogP contribution in [-0.2, 0) is 16.0 Å². The van der Waals surface area contributed by atoms with Crippen molar-refractivity contribution in [1.82, 2.24) is 10.3 Å². The van der Waals surface area contributed by atoms with Crippen LogP contribution in [0.25, 0.3) is 0 Å². The Morgan fingerprint density at radius 3 is 2.75 bits per heavy atom.